The number of ether oxygens (including phenoxy) is 2. The molecule has 1 aromatic carbocycles. The molecule has 0 spiro atoms. The molecule has 0 saturated heterocycles. The Morgan fingerprint density at radius 3 is 2.09 bits per heavy atom. The Labute approximate surface area is 137 Å². The van der Waals surface area contributed by atoms with Crippen LogP contribution in [0.3, 0.4) is 0 Å². The van der Waals surface area contributed by atoms with Crippen molar-refractivity contribution in [3.05, 3.63) is 41.5 Å². The number of rotatable bonds is 6. The van der Waals surface area contributed by atoms with Gasteiger partial charge in [-0.1, -0.05) is 30.3 Å². The minimum atomic E-state index is -1.01. The summed E-state index contributed by atoms with van der Waals surface area (Å²) < 4.78 is 10.0. The van der Waals surface area contributed by atoms with Crippen LogP contribution in [0.25, 0.3) is 5.57 Å². The summed E-state index contributed by atoms with van der Waals surface area (Å²) in [6.45, 7) is 3.91. The minimum absolute atomic E-state index is 0.236. The molecule has 1 aliphatic carbocycles. The maximum absolute atomic E-state index is 12.1. The van der Waals surface area contributed by atoms with Crippen molar-refractivity contribution in [2.24, 2.45) is 0 Å². The monoisotopic (exact) mass is 316 g/mol. The molecule has 0 bridgehead atoms. The Kier molecular flexibility index (Phi) is 6.39. The van der Waals surface area contributed by atoms with Gasteiger partial charge in [0.25, 0.3) is 0 Å². The SMILES string of the molecule is CCOC(=O)C(C(=O)OCC)c1ccc(C2=CCCCC2)cc1. The van der Waals surface area contributed by atoms with Gasteiger partial charge in [0, 0.05) is 0 Å². The molecule has 1 aliphatic rings. The van der Waals surface area contributed by atoms with E-state index in [2.05, 4.69) is 6.08 Å². The van der Waals surface area contributed by atoms with E-state index in [1.807, 2.05) is 24.3 Å². The topological polar surface area (TPSA) is 52.6 Å². The Morgan fingerprint density at radius 1 is 1.00 bits per heavy atom. The van der Waals surface area contributed by atoms with Crippen LogP contribution in [-0.2, 0) is 19.1 Å². The maximum Gasteiger partial charge on any atom is 0.324 e. The van der Waals surface area contributed by atoms with Gasteiger partial charge in [-0.15, -0.1) is 0 Å². The van der Waals surface area contributed by atoms with E-state index >= 15 is 0 Å². The van der Waals surface area contributed by atoms with Gasteiger partial charge in [-0.25, -0.2) is 0 Å². The quantitative estimate of drug-likeness (QED) is 0.591. The lowest BCUT2D eigenvalue weighted by molar-refractivity contribution is -0.156. The lowest BCUT2D eigenvalue weighted by Crippen LogP contribution is -2.26. The van der Waals surface area contributed by atoms with E-state index in [9.17, 15) is 9.59 Å². The summed E-state index contributed by atoms with van der Waals surface area (Å²) in [7, 11) is 0. The molecule has 4 nitrogen and oxygen atoms in total. The van der Waals surface area contributed by atoms with E-state index in [1.54, 1.807) is 13.8 Å². The second-order valence-electron chi connectivity index (χ2n) is 5.53. The van der Waals surface area contributed by atoms with Gasteiger partial charge in [-0.3, -0.25) is 9.59 Å². The summed E-state index contributed by atoms with van der Waals surface area (Å²) >= 11 is 0. The summed E-state index contributed by atoms with van der Waals surface area (Å²) in [6, 6.07) is 7.59. The number of benzene rings is 1. The molecule has 1 aromatic rings. The average molecular weight is 316 g/mol. The maximum atomic E-state index is 12.1. The van der Waals surface area contributed by atoms with Gasteiger partial charge >= 0.3 is 11.9 Å². The van der Waals surface area contributed by atoms with E-state index in [-0.39, 0.29) is 13.2 Å². The van der Waals surface area contributed by atoms with E-state index < -0.39 is 17.9 Å². The summed E-state index contributed by atoms with van der Waals surface area (Å²) in [4.78, 5) is 24.2. The van der Waals surface area contributed by atoms with Crippen molar-refractivity contribution in [3.63, 3.8) is 0 Å². The molecule has 0 aromatic heterocycles. The molecule has 4 heteroatoms. The largest absolute Gasteiger partial charge is 0.465 e. The van der Waals surface area contributed by atoms with E-state index in [0.29, 0.717) is 5.56 Å². The van der Waals surface area contributed by atoms with Crippen molar-refractivity contribution in [3.8, 4) is 0 Å². The first kappa shape index (κ1) is 17.3. The van der Waals surface area contributed by atoms with Gasteiger partial charge in [0.1, 0.15) is 0 Å². The molecule has 124 valence electrons. The lowest BCUT2D eigenvalue weighted by Gasteiger charge is -2.16. The second kappa shape index (κ2) is 8.51. The fraction of sp³-hybridized carbons (Fsp3) is 0.474. The smallest absolute Gasteiger partial charge is 0.324 e. The first-order valence-electron chi connectivity index (χ1n) is 8.30. The highest BCUT2D eigenvalue weighted by Gasteiger charge is 2.31. The predicted molar refractivity (Wildman–Crippen MR) is 88.9 cm³/mol. The van der Waals surface area contributed by atoms with Crippen LogP contribution in [0.5, 0.6) is 0 Å². The van der Waals surface area contributed by atoms with Crippen LogP contribution in [0.2, 0.25) is 0 Å². The highest BCUT2D eigenvalue weighted by Crippen LogP contribution is 2.28. The minimum Gasteiger partial charge on any atom is -0.465 e. The molecule has 0 saturated carbocycles. The number of carbonyl (C=O) groups excluding carboxylic acids is 2. The number of hydrogen-bond donors (Lipinski definition) is 0. The zero-order valence-corrected chi connectivity index (χ0v) is 13.8. The van der Waals surface area contributed by atoms with Crippen LogP contribution in [0.15, 0.2) is 30.3 Å². The van der Waals surface area contributed by atoms with Crippen LogP contribution in [0, 0.1) is 0 Å². The van der Waals surface area contributed by atoms with Crippen molar-refractivity contribution >= 4 is 17.5 Å². The molecular weight excluding hydrogens is 292 g/mol. The number of carbonyl (C=O) groups is 2. The zero-order chi connectivity index (χ0) is 16.7. The Bertz CT molecular complexity index is 554. The van der Waals surface area contributed by atoms with E-state index in [1.165, 1.54) is 18.4 Å². The zero-order valence-electron chi connectivity index (χ0n) is 13.8. The average Bonchev–Trinajstić information content (AvgIpc) is 2.57. The first-order valence-corrected chi connectivity index (χ1v) is 8.30. The van der Waals surface area contributed by atoms with Crippen LogP contribution >= 0.6 is 0 Å². The third kappa shape index (κ3) is 4.44. The van der Waals surface area contributed by atoms with E-state index in [0.717, 1.165) is 18.4 Å². The fourth-order valence-corrected chi connectivity index (χ4v) is 2.81. The van der Waals surface area contributed by atoms with Crippen molar-refractivity contribution < 1.29 is 19.1 Å². The molecular formula is C19H24O4. The highest BCUT2D eigenvalue weighted by atomic mass is 16.6. The summed E-state index contributed by atoms with van der Waals surface area (Å²) in [5.74, 6) is -2.13. The van der Waals surface area contributed by atoms with Crippen molar-refractivity contribution in [2.45, 2.75) is 45.4 Å². The summed E-state index contributed by atoms with van der Waals surface area (Å²) in [5.41, 5.74) is 3.11. The molecule has 2 rings (SSSR count). The third-order valence-corrected chi connectivity index (χ3v) is 3.95. The van der Waals surface area contributed by atoms with Crippen molar-refractivity contribution in [1.29, 1.82) is 0 Å². The van der Waals surface area contributed by atoms with Crippen LogP contribution in [-0.4, -0.2) is 25.2 Å². The van der Waals surface area contributed by atoms with Crippen molar-refractivity contribution in [1.82, 2.24) is 0 Å². The number of esters is 2. The van der Waals surface area contributed by atoms with Crippen molar-refractivity contribution in [2.75, 3.05) is 13.2 Å². The molecule has 0 amide bonds. The molecule has 0 radical (unpaired) electrons. The van der Waals surface area contributed by atoms with Crippen LogP contribution < -0.4 is 0 Å². The summed E-state index contributed by atoms with van der Waals surface area (Å²) in [5, 5.41) is 0. The Balaban J connectivity index is 2.22. The molecule has 0 N–H and O–H groups in total. The van der Waals surface area contributed by atoms with E-state index in [4.69, 9.17) is 9.47 Å². The first-order chi connectivity index (χ1) is 11.2. The van der Waals surface area contributed by atoms with Gasteiger partial charge in [0.15, 0.2) is 5.92 Å². The third-order valence-electron chi connectivity index (χ3n) is 3.95. The number of allylic oxidation sites excluding steroid dienone is 2. The van der Waals surface area contributed by atoms with Crippen LogP contribution in [0.1, 0.15) is 56.6 Å². The lowest BCUT2D eigenvalue weighted by atomic mass is 9.91. The number of hydrogen-bond acceptors (Lipinski definition) is 4. The summed E-state index contributed by atoms with van der Waals surface area (Å²) in [6.07, 6.45) is 6.92. The molecule has 23 heavy (non-hydrogen) atoms. The Morgan fingerprint density at radius 2 is 1.61 bits per heavy atom. The molecule has 0 heterocycles. The molecule has 0 fully saturated rings. The second-order valence-corrected chi connectivity index (χ2v) is 5.53. The standard InChI is InChI=1S/C19H24O4/c1-3-22-18(20)17(19(21)23-4-2)16-12-10-15(11-13-16)14-8-6-5-7-9-14/h8,10-13,17H,3-7,9H2,1-2H3. The van der Waals surface area contributed by atoms with Gasteiger partial charge in [0.05, 0.1) is 13.2 Å². The van der Waals surface area contributed by atoms with Crippen LogP contribution in [0.4, 0.5) is 0 Å². The fourth-order valence-electron chi connectivity index (χ4n) is 2.81. The normalized spacial score (nSPS) is 14.3. The molecule has 0 aliphatic heterocycles. The highest BCUT2D eigenvalue weighted by molar-refractivity contribution is 6.00. The van der Waals surface area contributed by atoms with Gasteiger partial charge in [-0.2, -0.15) is 0 Å². The van der Waals surface area contributed by atoms with Gasteiger partial charge in [0.2, 0.25) is 0 Å². The predicted octanol–water partition coefficient (Wildman–Crippen LogP) is 3.85. The molecule has 0 atom stereocenters. The molecule has 0 unspecified atom stereocenters. The van der Waals surface area contributed by atoms with Gasteiger partial charge in [-0.05, 0) is 56.2 Å². The van der Waals surface area contributed by atoms with Gasteiger partial charge < -0.3 is 9.47 Å². The Hall–Kier alpha value is -2.10.